The van der Waals surface area contributed by atoms with Crippen LogP contribution >= 0.6 is 0 Å². The zero-order valence-electron chi connectivity index (χ0n) is 16.9. The van der Waals surface area contributed by atoms with E-state index in [4.69, 9.17) is 0 Å². The molecule has 7 nitrogen and oxygen atoms in total. The zero-order valence-corrected chi connectivity index (χ0v) is 16.9. The molecule has 0 amide bonds. The molecule has 1 aliphatic heterocycles. The maximum absolute atomic E-state index is 15.5. The van der Waals surface area contributed by atoms with Crippen LogP contribution in [0.2, 0.25) is 0 Å². The molecule has 3 aromatic rings. The van der Waals surface area contributed by atoms with Crippen molar-refractivity contribution in [3.05, 3.63) is 65.6 Å². The molecule has 0 bridgehead atoms. The van der Waals surface area contributed by atoms with Crippen LogP contribution in [0.1, 0.15) is 11.1 Å². The molecule has 1 aliphatic rings. The molecule has 0 radical (unpaired) electrons. The third-order valence-corrected chi connectivity index (χ3v) is 4.90. The van der Waals surface area contributed by atoms with Crippen molar-refractivity contribution in [2.75, 3.05) is 30.9 Å². The number of pyridine rings is 1. The Morgan fingerprint density at radius 1 is 1.10 bits per heavy atom. The van der Waals surface area contributed by atoms with Gasteiger partial charge in [0.2, 0.25) is 5.82 Å². The fourth-order valence-electron chi connectivity index (χ4n) is 3.40. The van der Waals surface area contributed by atoms with Crippen molar-refractivity contribution >= 4 is 23.7 Å². The smallest absolute Gasteiger partial charge is 0.208 e. The Kier molecular flexibility index (Phi) is 5.74. The Bertz CT molecular complexity index is 1100. The van der Waals surface area contributed by atoms with E-state index in [1.807, 2.05) is 29.2 Å². The Morgan fingerprint density at radius 3 is 2.63 bits per heavy atom. The molecule has 0 spiro atoms. The third-order valence-electron chi connectivity index (χ3n) is 4.90. The van der Waals surface area contributed by atoms with Crippen molar-refractivity contribution in [1.82, 2.24) is 15.0 Å². The van der Waals surface area contributed by atoms with Gasteiger partial charge in [0.05, 0.1) is 6.21 Å². The molecule has 8 heteroatoms. The van der Waals surface area contributed by atoms with Crippen molar-refractivity contribution in [3.63, 3.8) is 0 Å². The molecule has 1 aromatic carbocycles. The fraction of sp³-hybridized carbons (Fsp3) is 0.227. The lowest BCUT2D eigenvalue weighted by molar-refractivity contribution is 0.599. The van der Waals surface area contributed by atoms with Crippen LogP contribution in [0.15, 0.2) is 58.6 Å². The minimum absolute atomic E-state index is 0.0417. The summed E-state index contributed by atoms with van der Waals surface area (Å²) < 4.78 is 15.5. The Labute approximate surface area is 174 Å². The number of benzene rings is 1. The standard InChI is InChI=1S/C22H22FN7/c1-24-13-18(25-2)27-21-19(23)22(29-20(28-21)17-9-5-6-11-26-17)30-12-10-15-7-3-4-8-16(15)14-30/h3-9,11,13H,10,12,14H2,1-2H3,(H,25,27,28,29). The highest BCUT2D eigenvalue weighted by Crippen LogP contribution is 2.30. The molecule has 152 valence electrons. The quantitative estimate of drug-likeness (QED) is 0.534. The van der Waals surface area contributed by atoms with Crippen LogP contribution in [0.5, 0.6) is 0 Å². The predicted octanol–water partition coefficient (Wildman–Crippen LogP) is 3.38. The van der Waals surface area contributed by atoms with Crippen LogP contribution in [0.25, 0.3) is 11.5 Å². The molecule has 4 rings (SSSR count). The van der Waals surface area contributed by atoms with E-state index in [1.165, 1.54) is 17.3 Å². The number of amidine groups is 1. The average Bonchev–Trinajstić information content (AvgIpc) is 2.80. The third kappa shape index (κ3) is 4.03. The van der Waals surface area contributed by atoms with Crippen molar-refractivity contribution in [3.8, 4) is 11.5 Å². The SMILES string of the molecule is CN=CC(=NC)Nc1nc(-c2ccccn2)nc(N2CCc3ccccc3C2)c1F. The summed E-state index contributed by atoms with van der Waals surface area (Å²) in [7, 11) is 3.23. The molecule has 0 saturated heterocycles. The zero-order chi connectivity index (χ0) is 20.9. The highest BCUT2D eigenvalue weighted by molar-refractivity contribution is 6.34. The molecule has 2 aromatic heterocycles. The van der Waals surface area contributed by atoms with E-state index in [1.54, 1.807) is 26.4 Å². The van der Waals surface area contributed by atoms with Gasteiger partial charge in [-0.3, -0.25) is 15.0 Å². The average molecular weight is 403 g/mol. The van der Waals surface area contributed by atoms with Crippen LogP contribution in [-0.4, -0.2) is 47.6 Å². The summed E-state index contributed by atoms with van der Waals surface area (Å²) in [6.07, 6.45) is 4.00. The summed E-state index contributed by atoms with van der Waals surface area (Å²) >= 11 is 0. The van der Waals surface area contributed by atoms with E-state index in [2.05, 4.69) is 42.4 Å². The summed E-state index contributed by atoms with van der Waals surface area (Å²) in [4.78, 5) is 23.2. The van der Waals surface area contributed by atoms with E-state index in [0.29, 0.717) is 30.4 Å². The molecule has 0 atom stereocenters. The van der Waals surface area contributed by atoms with Gasteiger partial charge in [-0.2, -0.15) is 4.39 Å². The second kappa shape index (κ2) is 8.77. The van der Waals surface area contributed by atoms with E-state index >= 15 is 4.39 Å². The first-order valence-corrected chi connectivity index (χ1v) is 9.66. The maximum Gasteiger partial charge on any atom is 0.208 e. The van der Waals surface area contributed by atoms with Gasteiger partial charge < -0.3 is 10.2 Å². The lowest BCUT2D eigenvalue weighted by Gasteiger charge is -2.30. The summed E-state index contributed by atoms with van der Waals surface area (Å²) in [5.74, 6) is 0.500. The van der Waals surface area contributed by atoms with Gasteiger partial charge in [-0.25, -0.2) is 9.97 Å². The van der Waals surface area contributed by atoms with Gasteiger partial charge in [-0.1, -0.05) is 30.3 Å². The van der Waals surface area contributed by atoms with Crippen molar-refractivity contribution in [1.29, 1.82) is 0 Å². The predicted molar refractivity (Wildman–Crippen MR) is 118 cm³/mol. The normalized spacial score (nSPS) is 14.1. The van der Waals surface area contributed by atoms with Gasteiger partial charge in [-0.15, -0.1) is 0 Å². The number of anilines is 2. The first-order valence-electron chi connectivity index (χ1n) is 9.66. The number of halogens is 1. The number of aromatic nitrogens is 3. The molecular weight excluding hydrogens is 381 g/mol. The summed E-state index contributed by atoms with van der Waals surface area (Å²) in [6.45, 7) is 1.24. The highest BCUT2D eigenvalue weighted by atomic mass is 19.1. The minimum atomic E-state index is -0.528. The first-order chi connectivity index (χ1) is 14.7. The number of nitrogens with zero attached hydrogens (tertiary/aromatic N) is 6. The van der Waals surface area contributed by atoms with Crippen molar-refractivity contribution in [2.24, 2.45) is 9.98 Å². The van der Waals surface area contributed by atoms with Crippen LogP contribution < -0.4 is 10.2 Å². The molecule has 1 N–H and O–H groups in total. The number of hydrogen-bond donors (Lipinski definition) is 1. The second-order valence-electron chi connectivity index (χ2n) is 6.81. The molecule has 0 fully saturated rings. The molecule has 0 saturated carbocycles. The van der Waals surface area contributed by atoms with E-state index in [0.717, 1.165) is 6.42 Å². The molecule has 3 heterocycles. The molecule has 0 unspecified atom stereocenters. The topological polar surface area (TPSA) is 78.7 Å². The van der Waals surface area contributed by atoms with E-state index in [-0.39, 0.29) is 11.6 Å². The Hall–Kier alpha value is -3.68. The van der Waals surface area contributed by atoms with Gasteiger partial charge in [0.25, 0.3) is 0 Å². The minimum Gasteiger partial charge on any atom is -0.349 e. The van der Waals surface area contributed by atoms with Gasteiger partial charge in [0.1, 0.15) is 11.5 Å². The summed E-state index contributed by atoms with van der Waals surface area (Å²) in [5, 5.41) is 2.93. The summed E-state index contributed by atoms with van der Waals surface area (Å²) in [6, 6.07) is 13.7. The van der Waals surface area contributed by atoms with Gasteiger partial charge in [-0.05, 0) is 29.7 Å². The maximum atomic E-state index is 15.5. The highest BCUT2D eigenvalue weighted by Gasteiger charge is 2.24. The number of aliphatic imine (C=N–C) groups is 2. The number of hydrogen-bond acceptors (Lipinski definition) is 6. The van der Waals surface area contributed by atoms with Gasteiger partial charge in [0, 0.05) is 33.4 Å². The van der Waals surface area contributed by atoms with E-state index < -0.39 is 5.82 Å². The molecular formula is C22H22FN7. The van der Waals surface area contributed by atoms with Gasteiger partial charge >= 0.3 is 0 Å². The Balaban J connectivity index is 1.78. The van der Waals surface area contributed by atoms with Crippen molar-refractivity contribution < 1.29 is 4.39 Å². The molecule has 30 heavy (non-hydrogen) atoms. The van der Waals surface area contributed by atoms with Crippen molar-refractivity contribution in [2.45, 2.75) is 13.0 Å². The largest absolute Gasteiger partial charge is 0.349 e. The van der Waals surface area contributed by atoms with Gasteiger partial charge in [0.15, 0.2) is 17.5 Å². The van der Waals surface area contributed by atoms with E-state index in [9.17, 15) is 0 Å². The Morgan fingerprint density at radius 2 is 1.90 bits per heavy atom. The summed E-state index contributed by atoms with van der Waals surface area (Å²) in [5.41, 5.74) is 3.02. The second-order valence-corrected chi connectivity index (χ2v) is 6.81. The van der Waals surface area contributed by atoms with Crippen LogP contribution in [0, 0.1) is 5.82 Å². The monoisotopic (exact) mass is 403 g/mol. The van der Waals surface area contributed by atoms with Crippen LogP contribution in [0.4, 0.5) is 16.0 Å². The lowest BCUT2D eigenvalue weighted by Crippen LogP contribution is -2.32. The van der Waals surface area contributed by atoms with Crippen LogP contribution in [-0.2, 0) is 13.0 Å². The van der Waals surface area contributed by atoms with Crippen LogP contribution in [0.3, 0.4) is 0 Å². The number of nitrogens with one attached hydrogen (secondary N) is 1. The first kappa shape index (κ1) is 19.6. The molecule has 0 aliphatic carbocycles. The lowest BCUT2D eigenvalue weighted by atomic mass is 10.00. The number of fused-ring (bicyclic) bond motifs is 1. The fourth-order valence-corrected chi connectivity index (χ4v) is 3.40. The number of rotatable bonds is 4.